The topological polar surface area (TPSA) is 44.5 Å². The molecule has 0 aliphatic carbocycles. The summed E-state index contributed by atoms with van der Waals surface area (Å²) in [5.41, 5.74) is 6.99. The van der Waals surface area contributed by atoms with Crippen molar-refractivity contribution in [3.05, 3.63) is 29.8 Å². The summed E-state index contributed by atoms with van der Waals surface area (Å²) in [4.78, 5) is 0. The first-order chi connectivity index (χ1) is 8.74. The minimum Gasteiger partial charge on any atom is -0.491 e. The number of ether oxygens (including phenoxy) is 2. The summed E-state index contributed by atoms with van der Waals surface area (Å²) in [5, 5.41) is 0. The molecule has 0 aromatic heterocycles. The van der Waals surface area contributed by atoms with E-state index in [0.717, 1.165) is 31.6 Å². The molecular weight excluding hydrogens is 226 g/mol. The summed E-state index contributed by atoms with van der Waals surface area (Å²) < 4.78 is 11.2. The zero-order valence-corrected chi connectivity index (χ0v) is 11.5. The van der Waals surface area contributed by atoms with E-state index in [0.29, 0.717) is 13.2 Å². The predicted molar refractivity (Wildman–Crippen MR) is 75.0 cm³/mol. The molecule has 18 heavy (non-hydrogen) atoms. The fraction of sp³-hybridized carbons (Fsp3) is 0.600. The molecule has 0 aliphatic rings. The van der Waals surface area contributed by atoms with Crippen molar-refractivity contribution in [2.75, 3.05) is 19.8 Å². The molecule has 102 valence electrons. The van der Waals surface area contributed by atoms with Crippen LogP contribution in [0.25, 0.3) is 0 Å². The summed E-state index contributed by atoms with van der Waals surface area (Å²) in [6, 6.07) is 8.20. The van der Waals surface area contributed by atoms with Gasteiger partial charge >= 0.3 is 0 Å². The molecule has 1 aromatic carbocycles. The van der Waals surface area contributed by atoms with Gasteiger partial charge in [0, 0.05) is 12.6 Å². The van der Waals surface area contributed by atoms with Crippen LogP contribution in [0.1, 0.15) is 32.3 Å². The molecule has 0 heterocycles. The van der Waals surface area contributed by atoms with Crippen LogP contribution >= 0.6 is 0 Å². The van der Waals surface area contributed by atoms with E-state index in [1.165, 1.54) is 5.56 Å². The zero-order chi connectivity index (χ0) is 13.2. The molecule has 3 heteroatoms. The highest BCUT2D eigenvalue weighted by atomic mass is 16.5. The molecule has 2 N–H and O–H groups in total. The van der Waals surface area contributed by atoms with E-state index < -0.39 is 0 Å². The van der Waals surface area contributed by atoms with Gasteiger partial charge in [0.15, 0.2) is 0 Å². The number of nitrogens with two attached hydrogens (primary N) is 1. The van der Waals surface area contributed by atoms with Gasteiger partial charge in [0.2, 0.25) is 0 Å². The van der Waals surface area contributed by atoms with Crippen LogP contribution in [0.3, 0.4) is 0 Å². The van der Waals surface area contributed by atoms with Crippen molar-refractivity contribution in [2.45, 2.75) is 39.2 Å². The average molecular weight is 251 g/mol. The highest BCUT2D eigenvalue weighted by Crippen LogP contribution is 2.19. The van der Waals surface area contributed by atoms with Crippen LogP contribution in [0, 0.1) is 0 Å². The Morgan fingerprint density at radius 2 is 1.94 bits per heavy atom. The van der Waals surface area contributed by atoms with Gasteiger partial charge in [-0.25, -0.2) is 0 Å². The molecule has 0 aliphatic heterocycles. The number of unbranched alkanes of at least 4 members (excludes halogenated alkanes) is 1. The fourth-order valence-electron chi connectivity index (χ4n) is 1.72. The molecule has 1 atom stereocenters. The zero-order valence-electron chi connectivity index (χ0n) is 11.5. The van der Waals surface area contributed by atoms with Crippen LogP contribution in [0.5, 0.6) is 5.75 Å². The van der Waals surface area contributed by atoms with Crippen molar-refractivity contribution in [2.24, 2.45) is 5.73 Å². The van der Waals surface area contributed by atoms with Crippen molar-refractivity contribution in [3.8, 4) is 5.75 Å². The van der Waals surface area contributed by atoms with Crippen molar-refractivity contribution in [1.82, 2.24) is 0 Å². The van der Waals surface area contributed by atoms with E-state index in [9.17, 15) is 0 Å². The third-order valence-corrected chi connectivity index (χ3v) is 2.64. The average Bonchev–Trinajstić information content (AvgIpc) is 2.35. The maximum Gasteiger partial charge on any atom is 0.122 e. The van der Waals surface area contributed by atoms with Crippen LogP contribution in [-0.4, -0.2) is 25.9 Å². The van der Waals surface area contributed by atoms with Crippen molar-refractivity contribution >= 4 is 0 Å². The number of hydrogen-bond donors (Lipinski definition) is 1. The lowest BCUT2D eigenvalue weighted by Gasteiger charge is -2.13. The lowest BCUT2D eigenvalue weighted by Crippen LogP contribution is -2.18. The molecule has 0 fully saturated rings. The molecule has 1 unspecified atom stereocenters. The van der Waals surface area contributed by atoms with Gasteiger partial charge < -0.3 is 15.2 Å². The molecule has 0 radical (unpaired) electrons. The summed E-state index contributed by atoms with van der Waals surface area (Å²) in [6.07, 6.45) is 3.12. The Bertz CT molecular complexity index is 326. The van der Waals surface area contributed by atoms with Crippen molar-refractivity contribution in [3.63, 3.8) is 0 Å². The second-order valence-corrected chi connectivity index (χ2v) is 4.60. The monoisotopic (exact) mass is 251 g/mol. The first-order valence-electron chi connectivity index (χ1n) is 6.78. The highest BCUT2D eigenvalue weighted by Gasteiger charge is 2.05. The minimum atomic E-state index is 0.149. The molecule has 1 aromatic rings. The van der Waals surface area contributed by atoms with Gasteiger partial charge in [0.05, 0.1) is 6.61 Å². The Balaban J connectivity index is 2.32. The van der Waals surface area contributed by atoms with E-state index in [2.05, 4.69) is 13.0 Å². The minimum absolute atomic E-state index is 0.149. The number of para-hydroxylation sites is 1. The maximum atomic E-state index is 5.82. The van der Waals surface area contributed by atoms with Gasteiger partial charge in [-0.15, -0.1) is 0 Å². The predicted octanol–water partition coefficient (Wildman–Crippen LogP) is 2.77. The fourth-order valence-corrected chi connectivity index (χ4v) is 1.72. The van der Waals surface area contributed by atoms with Gasteiger partial charge in [-0.1, -0.05) is 31.5 Å². The van der Waals surface area contributed by atoms with Crippen LogP contribution in [0.15, 0.2) is 24.3 Å². The summed E-state index contributed by atoms with van der Waals surface area (Å²) in [7, 11) is 0. The standard InChI is InChI=1S/C15H25NO2/c1-3-4-9-17-10-11-18-15-8-6-5-7-14(15)12-13(2)16/h5-8,13H,3-4,9-12,16H2,1-2H3. The second-order valence-electron chi connectivity index (χ2n) is 4.60. The normalized spacial score (nSPS) is 12.4. The Morgan fingerprint density at radius 1 is 1.17 bits per heavy atom. The second kappa shape index (κ2) is 8.95. The summed E-state index contributed by atoms with van der Waals surface area (Å²) in [5.74, 6) is 0.925. The molecule has 0 saturated carbocycles. The van der Waals surface area contributed by atoms with Crippen LogP contribution in [-0.2, 0) is 11.2 Å². The maximum absolute atomic E-state index is 5.82. The highest BCUT2D eigenvalue weighted by molar-refractivity contribution is 5.33. The lowest BCUT2D eigenvalue weighted by atomic mass is 10.1. The number of rotatable bonds is 9. The van der Waals surface area contributed by atoms with Crippen molar-refractivity contribution < 1.29 is 9.47 Å². The Kier molecular flexibility index (Phi) is 7.46. The third kappa shape index (κ3) is 6.03. The molecule has 1 rings (SSSR count). The van der Waals surface area contributed by atoms with E-state index in [1.54, 1.807) is 0 Å². The van der Waals surface area contributed by atoms with Gasteiger partial charge in [0.25, 0.3) is 0 Å². The molecule has 3 nitrogen and oxygen atoms in total. The van der Waals surface area contributed by atoms with Gasteiger partial charge in [-0.3, -0.25) is 0 Å². The smallest absolute Gasteiger partial charge is 0.122 e. The van der Waals surface area contributed by atoms with Crippen LogP contribution in [0.4, 0.5) is 0 Å². The number of benzene rings is 1. The number of hydrogen-bond acceptors (Lipinski definition) is 3. The van der Waals surface area contributed by atoms with Gasteiger partial charge in [-0.05, 0) is 31.4 Å². The first-order valence-corrected chi connectivity index (χ1v) is 6.78. The molecule has 0 amide bonds. The quantitative estimate of drug-likeness (QED) is 0.686. The van der Waals surface area contributed by atoms with E-state index in [1.807, 2.05) is 25.1 Å². The molecule has 0 saturated heterocycles. The Morgan fingerprint density at radius 3 is 2.67 bits per heavy atom. The molecular formula is C15H25NO2. The summed E-state index contributed by atoms with van der Waals surface area (Å²) >= 11 is 0. The van der Waals surface area contributed by atoms with E-state index in [4.69, 9.17) is 15.2 Å². The Labute approximate surface area is 110 Å². The van der Waals surface area contributed by atoms with Gasteiger partial charge in [-0.2, -0.15) is 0 Å². The van der Waals surface area contributed by atoms with Crippen LogP contribution in [0.2, 0.25) is 0 Å². The van der Waals surface area contributed by atoms with E-state index >= 15 is 0 Å². The summed E-state index contributed by atoms with van der Waals surface area (Å²) in [6.45, 7) is 6.22. The van der Waals surface area contributed by atoms with Crippen LogP contribution < -0.4 is 10.5 Å². The van der Waals surface area contributed by atoms with E-state index in [-0.39, 0.29) is 6.04 Å². The van der Waals surface area contributed by atoms with Crippen molar-refractivity contribution in [1.29, 1.82) is 0 Å². The first kappa shape index (κ1) is 15.0. The SMILES string of the molecule is CCCCOCCOc1ccccc1CC(C)N. The Hall–Kier alpha value is -1.06. The molecule has 0 spiro atoms. The lowest BCUT2D eigenvalue weighted by molar-refractivity contribution is 0.0977. The molecule has 0 bridgehead atoms. The largest absolute Gasteiger partial charge is 0.491 e. The third-order valence-electron chi connectivity index (χ3n) is 2.64. The van der Waals surface area contributed by atoms with Gasteiger partial charge in [0.1, 0.15) is 12.4 Å².